The molecule has 0 fully saturated rings. The van der Waals surface area contributed by atoms with Crippen molar-refractivity contribution in [1.29, 1.82) is 0 Å². The van der Waals surface area contributed by atoms with Gasteiger partial charge in [-0.1, -0.05) is 18.2 Å². The summed E-state index contributed by atoms with van der Waals surface area (Å²) in [5.41, 5.74) is 5.78. The van der Waals surface area contributed by atoms with E-state index in [9.17, 15) is 19.1 Å². The summed E-state index contributed by atoms with van der Waals surface area (Å²) in [6.45, 7) is 0. The summed E-state index contributed by atoms with van der Waals surface area (Å²) in [6, 6.07) is 10.7. The van der Waals surface area contributed by atoms with Gasteiger partial charge in [0.1, 0.15) is 23.5 Å². The number of halogens is 1. The van der Waals surface area contributed by atoms with Crippen LogP contribution in [0.4, 0.5) is 10.1 Å². The van der Waals surface area contributed by atoms with E-state index < -0.39 is 29.1 Å². The number of hydrogen-bond donors (Lipinski definition) is 4. The number of para-hydroxylation sites is 3. The number of carbonyl (C=O) groups is 2. The third-order valence-corrected chi connectivity index (χ3v) is 4.05. The Morgan fingerprint density at radius 1 is 1.18 bits per heavy atom. The molecule has 0 aliphatic carbocycles. The van der Waals surface area contributed by atoms with Crippen LogP contribution in [0.2, 0.25) is 0 Å². The maximum Gasteiger partial charge on any atom is 0.276 e. The number of amides is 2. The van der Waals surface area contributed by atoms with Crippen LogP contribution in [0.1, 0.15) is 21.0 Å². The van der Waals surface area contributed by atoms with E-state index in [-0.39, 0.29) is 17.3 Å². The second kappa shape index (κ2) is 6.50. The second-order valence-electron chi connectivity index (χ2n) is 5.84. The summed E-state index contributed by atoms with van der Waals surface area (Å²) in [6.07, 6.45) is 1.20. The van der Waals surface area contributed by atoms with Crippen LogP contribution in [0.5, 0.6) is 5.75 Å². The van der Waals surface area contributed by atoms with Crippen molar-refractivity contribution in [1.82, 2.24) is 19.5 Å². The van der Waals surface area contributed by atoms with E-state index in [4.69, 9.17) is 5.73 Å². The smallest absolute Gasteiger partial charge is 0.276 e. The van der Waals surface area contributed by atoms with Crippen molar-refractivity contribution in [2.45, 2.75) is 0 Å². The van der Waals surface area contributed by atoms with Crippen LogP contribution in [-0.4, -0.2) is 36.4 Å². The Bertz CT molecular complexity index is 1180. The average molecular weight is 380 g/mol. The van der Waals surface area contributed by atoms with Gasteiger partial charge in [0.15, 0.2) is 11.5 Å². The molecule has 0 saturated carbocycles. The second-order valence-corrected chi connectivity index (χ2v) is 5.84. The predicted molar refractivity (Wildman–Crippen MR) is 97.8 cm³/mol. The number of aromatic amines is 1. The van der Waals surface area contributed by atoms with Gasteiger partial charge in [-0.15, -0.1) is 0 Å². The van der Waals surface area contributed by atoms with Gasteiger partial charge < -0.3 is 21.1 Å². The number of nitrogens with zero attached hydrogens (tertiary/aromatic N) is 3. The van der Waals surface area contributed by atoms with Crippen molar-refractivity contribution in [2.75, 3.05) is 5.32 Å². The summed E-state index contributed by atoms with van der Waals surface area (Å²) < 4.78 is 15.1. The molecule has 0 aliphatic rings. The van der Waals surface area contributed by atoms with E-state index in [0.29, 0.717) is 11.0 Å². The van der Waals surface area contributed by atoms with Crippen molar-refractivity contribution in [2.24, 2.45) is 5.73 Å². The average Bonchev–Trinajstić information content (AvgIpc) is 3.28. The van der Waals surface area contributed by atoms with Gasteiger partial charge in [-0.05, 0) is 24.3 Å². The zero-order valence-corrected chi connectivity index (χ0v) is 14.2. The van der Waals surface area contributed by atoms with Gasteiger partial charge in [0.25, 0.3) is 11.8 Å². The largest absolute Gasteiger partial charge is 0.506 e. The number of carbonyl (C=O) groups excluding carboxylic acids is 2. The van der Waals surface area contributed by atoms with Gasteiger partial charge in [0, 0.05) is 0 Å². The molecule has 4 rings (SSSR count). The van der Waals surface area contributed by atoms with Gasteiger partial charge >= 0.3 is 0 Å². The topological polar surface area (TPSA) is 139 Å². The molecule has 0 unspecified atom stereocenters. The van der Waals surface area contributed by atoms with Gasteiger partial charge in [-0.25, -0.2) is 14.4 Å². The number of phenols is 1. The highest BCUT2D eigenvalue weighted by molar-refractivity contribution is 6.10. The Kier molecular flexibility index (Phi) is 4.00. The zero-order chi connectivity index (χ0) is 19.8. The summed E-state index contributed by atoms with van der Waals surface area (Å²) in [7, 11) is 0. The molecule has 0 spiro atoms. The normalized spacial score (nSPS) is 10.9. The SMILES string of the molecule is NC(=O)c1c(C(=O)Nc2c(O)cccc2F)ncn1-c1nc2ccccc2[nH]1. The fourth-order valence-electron chi connectivity index (χ4n) is 2.77. The molecular formula is C18H13FN6O3. The fraction of sp³-hybridized carbons (Fsp3) is 0. The number of hydrogen-bond acceptors (Lipinski definition) is 5. The molecule has 4 aromatic rings. The number of benzene rings is 2. The molecule has 0 radical (unpaired) electrons. The predicted octanol–water partition coefficient (Wildman–Crippen LogP) is 1.94. The van der Waals surface area contributed by atoms with E-state index in [2.05, 4.69) is 20.3 Å². The van der Waals surface area contributed by atoms with Crippen LogP contribution in [0.3, 0.4) is 0 Å². The Labute approximate surface area is 156 Å². The third kappa shape index (κ3) is 2.82. The van der Waals surface area contributed by atoms with E-state index in [0.717, 1.165) is 6.07 Å². The standard InChI is InChI=1S/C18H13FN6O3/c19-9-4-3-7-12(26)13(9)24-17(28)14-15(16(20)27)25(8-21-14)18-22-10-5-1-2-6-11(10)23-18/h1-8,26H,(H2,20,27)(H,22,23)(H,24,28). The summed E-state index contributed by atoms with van der Waals surface area (Å²) in [4.78, 5) is 35.8. The summed E-state index contributed by atoms with van der Waals surface area (Å²) >= 11 is 0. The summed E-state index contributed by atoms with van der Waals surface area (Å²) in [5.74, 6) is -2.92. The van der Waals surface area contributed by atoms with E-state index in [1.54, 1.807) is 18.2 Å². The molecule has 9 nitrogen and oxygen atoms in total. The molecule has 5 N–H and O–H groups in total. The highest BCUT2D eigenvalue weighted by atomic mass is 19.1. The molecule has 0 aliphatic heterocycles. The fourth-order valence-corrected chi connectivity index (χ4v) is 2.77. The Hall–Kier alpha value is -4.21. The molecule has 2 aromatic heterocycles. The minimum absolute atomic E-state index is 0.232. The Morgan fingerprint density at radius 3 is 2.68 bits per heavy atom. The summed E-state index contributed by atoms with van der Waals surface area (Å²) in [5, 5.41) is 11.9. The van der Waals surface area contributed by atoms with Gasteiger partial charge in [-0.2, -0.15) is 0 Å². The molecule has 2 heterocycles. The molecular weight excluding hydrogens is 367 g/mol. The number of phenolic OH excluding ortho intramolecular Hbond substituents is 1. The maximum atomic E-state index is 13.9. The molecule has 10 heteroatoms. The monoisotopic (exact) mass is 380 g/mol. The third-order valence-electron chi connectivity index (χ3n) is 4.05. The number of anilines is 1. The van der Waals surface area contributed by atoms with Crippen LogP contribution < -0.4 is 11.1 Å². The van der Waals surface area contributed by atoms with Crippen molar-refractivity contribution in [3.63, 3.8) is 0 Å². The number of primary amides is 1. The maximum absolute atomic E-state index is 13.9. The number of rotatable bonds is 4. The van der Waals surface area contributed by atoms with Gasteiger partial charge in [0.05, 0.1) is 11.0 Å². The quantitative estimate of drug-likeness (QED) is 0.401. The number of H-pyrrole nitrogens is 1. The number of aromatic nitrogens is 4. The molecule has 140 valence electrons. The van der Waals surface area contributed by atoms with Crippen LogP contribution in [0, 0.1) is 5.82 Å². The lowest BCUT2D eigenvalue weighted by Crippen LogP contribution is -2.23. The van der Waals surface area contributed by atoms with Gasteiger partial charge in [-0.3, -0.25) is 14.2 Å². The number of nitrogens with two attached hydrogens (primary N) is 1. The first-order valence-electron chi connectivity index (χ1n) is 8.07. The van der Waals surface area contributed by atoms with Gasteiger partial charge in [0.2, 0.25) is 5.95 Å². The minimum Gasteiger partial charge on any atom is -0.506 e. The minimum atomic E-state index is -0.930. The Morgan fingerprint density at radius 2 is 1.96 bits per heavy atom. The number of nitrogens with one attached hydrogen (secondary N) is 2. The van der Waals surface area contributed by atoms with Crippen molar-refractivity contribution >= 4 is 28.5 Å². The van der Waals surface area contributed by atoms with Crippen LogP contribution in [0.25, 0.3) is 17.0 Å². The van der Waals surface area contributed by atoms with Crippen molar-refractivity contribution in [3.05, 3.63) is 66.0 Å². The van der Waals surface area contributed by atoms with E-state index in [1.165, 1.54) is 23.0 Å². The van der Waals surface area contributed by atoms with E-state index in [1.807, 2.05) is 6.07 Å². The highest BCUT2D eigenvalue weighted by Crippen LogP contribution is 2.26. The van der Waals surface area contributed by atoms with Crippen molar-refractivity contribution in [3.8, 4) is 11.7 Å². The molecule has 2 amide bonds. The van der Waals surface area contributed by atoms with Crippen molar-refractivity contribution < 1.29 is 19.1 Å². The highest BCUT2D eigenvalue weighted by Gasteiger charge is 2.25. The lowest BCUT2D eigenvalue weighted by molar-refractivity contribution is 0.0970. The first-order chi connectivity index (χ1) is 13.5. The van der Waals surface area contributed by atoms with E-state index >= 15 is 0 Å². The van der Waals surface area contributed by atoms with Crippen LogP contribution >= 0.6 is 0 Å². The lowest BCUT2D eigenvalue weighted by Gasteiger charge is -2.08. The first kappa shape index (κ1) is 17.2. The Balaban J connectivity index is 1.76. The molecule has 0 saturated heterocycles. The molecule has 2 aromatic carbocycles. The van der Waals surface area contributed by atoms with Crippen LogP contribution in [0.15, 0.2) is 48.8 Å². The number of imidazole rings is 2. The molecule has 0 atom stereocenters. The zero-order valence-electron chi connectivity index (χ0n) is 14.2. The lowest BCUT2D eigenvalue weighted by atomic mass is 10.2. The first-order valence-corrected chi connectivity index (χ1v) is 8.07. The van der Waals surface area contributed by atoms with Crippen LogP contribution in [-0.2, 0) is 0 Å². The number of fused-ring (bicyclic) bond motifs is 1. The molecule has 28 heavy (non-hydrogen) atoms. The number of aromatic hydroxyl groups is 1. The molecule has 0 bridgehead atoms.